The van der Waals surface area contributed by atoms with Gasteiger partial charge in [-0.25, -0.2) is 14.2 Å². The number of hydrogen-bond donors (Lipinski definition) is 2. The number of aromatic nitrogens is 2. The van der Waals surface area contributed by atoms with Gasteiger partial charge < -0.3 is 10.6 Å². The number of carbonyl (C=O) groups is 1. The summed E-state index contributed by atoms with van der Waals surface area (Å²) in [4.78, 5) is 36.4. The van der Waals surface area contributed by atoms with Gasteiger partial charge in [-0.1, -0.05) is 29.8 Å². The van der Waals surface area contributed by atoms with Crippen LogP contribution in [0.15, 0.2) is 39.9 Å². The average molecular weight is 285 g/mol. The Labute approximate surface area is 111 Å². The van der Waals surface area contributed by atoms with Gasteiger partial charge in [0.15, 0.2) is 5.69 Å². The van der Waals surface area contributed by atoms with E-state index >= 15 is 0 Å². The van der Waals surface area contributed by atoms with E-state index in [1.165, 1.54) is 12.1 Å². The molecule has 7 nitrogen and oxygen atoms in total. The average Bonchev–Trinajstić information content (AvgIpc) is 2.35. The van der Waals surface area contributed by atoms with Crippen LogP contribution in [0.25, 0.3) is 5.69 Å². The highest BCUT2D eigenvalue weighted by molar-refractivity contribution is 6.33. The summed E-state index contributed by atoms with van der Waals surface area (Å²) in [5.74, 6) is -1.46. The van der Waals surface area contributed by atoms with Gasteiger partial charge in [0.25, 0.3) is 5.56 Å². The molecule has 0 aliphatic heterocycles. The Morgan fingerprint density at radius 1 is 1.21 bits per heavy atom. The number of halogens is 1. The van der Waals surface area contributed by atoms with Crippen molar-refractivity contribution in [2.24, 2.45) is 0 Å². The minimum atomic E-state index is -1.46. The van der Waals surface area contributed by atoms with Crippen LogP contribution in [0.2, 0.25) is 5.02 Å². The van der Waals surface area contributed by atoms with E-state index < -0.39 is 27.9 Å². The fraction of sp³-hybridized carbons (Fsp3) is 0. The van der Waals surface area contributed by atoms with Crippen molar-refractivity contribution >= 4 is 17.6 Å². The predicted molar refractivity (Wildman–Crippen MR) is 68.2 cm³/mol. The van der Waals surface area contributed by atoms with Crippen LogP contribution in [-0.4, -0.2) is 26.1 Å². The van der Waals surface area contributed by atoms with Crippen molar-refractivity contribution < 1.29 is 15.4 Å². The highest BCUT2D eigenvalue weighted by Crippen LogP contribution is 2.08. The molecule has 0 aliphatic carbocycles. The summed E-state index contributed by atoms with van der Waals surface area (Å²) in [6.45, 7) is 0. The number of benzene rings is 1. The third-order valence-corrected chi connectivity index (χ3v) is 2.62. The number of rotatable bonds is 2. The van der Waals surface area contributed by atoms with Gasteiger partial charge in [-0.05, 0) is 12.1 Å². The van der Waals surface area contributed by atoms with Crippen LogP contribution < -0.4 is 11.2 Å². The minimum Gasteiger partial charge on any atom is -0.477 e. The molecule has 0 radical (unpaired) electrons. The van der Waals surface area contributed by atoms with E-state index in [9.17, 15) is 14.4 Å². The van der Waals surface area contributed by atoms with Crippen molar-refractivity contribution in [3.8, 4) is 5.69 Å². The maximum atomic E-state index is 11.9. The van der Waals surface area contributed by atoms with Gasteiger partial charge in [-0.2, -0.15) is 0 Å². The van der Waals surface area contributed by atoms with Gasteiger partial charge in [0.2, 0.25) is 0 Å². The fourth-order valence-electron chi connectivity index (χ4n) is 1.47. The van der Waals surface area contributed by atoms with E-state index in [0.29, 0.717) is 5.69 Å². The summed E-state index contributed by atoms with van der Waals surface area (Å²) in [6, 6.07) is 8.07. The molecular formula is C11H9ClN2O5. The first-order valence-corrected chi connectivity index (χ1v) is 5.23. The molecule has 1 aromatic carbocycles. The van der Waals surface area contributed by atoms with E-state index in [1.807, 2.05) is 0 Å². The molecule has 19 heavy (non-hydrogen) atoms. The van der Waals surface area contributed by atoms with Gasteiger partial charge in [0.05, 0.1) is 5.69 Å². The van der Waals surface area contributed by atoms with Crippen LogP contribution in [0.1, 0.15) is 10.5 Å². The van der Waals surface area contributed by atoms with Crippen LogP contribution in [0.3, 0.4) is 0 Å². The molecule has 2 rings (SSSR count). The lowest BCUT2D eigenvalue weighted by Crippen LogP contribution is -2.36. The number of para-hydroxylation sites is 1. The molecule has 0 spiro atoms. The Bertz CT molecular complexity index is 720. The quantitative estimate of drug-likeness (QED) is 0.808. The number of nitrogens with zero attached hydrogens (tertiary/aromatic N) is 1. The van der Waals surface area contributed by atoms with E-state index in [2.05, 4.69) is 4.98 Å². The molecule has 0 amide bonds. The fourth-order valence-corrected chi connectivity index (χ4v) is 1.69. The lowest BCUT2D eigenvalue weighted by molar-refractivity contribution is 0.0689. The number of nitrogens with one attached hydrogen (secondary N) is 1. The van der Waals surface area contributed by atoms with Crippen molar-refractivity contribution in [2.75, 3.05) is 0 Å². The highest BCUT2D eigenvalue weighted by Gasteiger charge is 2.17. The highest BCUT2D eigenvalue weighted by atomic mass is 35.5. The van der Waals surface area contributed by atoms with Gasteiger partial charge in [-0.3, -0.25) is 9.78 Å². The summed E-state index contributed by atoms with van der Waals surface area (Å²) in [5.41, 5.74) is -2.03. The molecule has 4 N–H and O–H groups in total. The van der Waals surface area contributed by atoms with E-state index in [1.54, 1.807) is 18.2 Å². The van der Waals surface area contributed by atoms with Crippen molar-refractivity contribution in [1.29, 1.82) is 0 Å². The van der Waals surface area contributed by atoms with E-state index in [0.717, 1.165) is 4.57 Å². The molecule has 1 aromatic heterocycles. The molecule has 0 fully saturated rings. The molecule has 0 atom stereocenters. The molecular weight excluding hydrogens is 276 g/mol. The zero-order valence-electron chi connectivity index (χ0n) is 9.38. The second-order valence-electron chi connectivity index (χ2n) is 3.40. The standard InChI is InChI=1S/C11H7ClN2O4.H2O/c12-7-8(10(16)17)13-11(18)14(9(7)15)6-4-2-1-3-5-6;/h1-5H,(H,13,18)(H,16,17);1H2. The van der Waals surface area contributed by atoms with Crippen molar-refractivity contribution in [3.63, 3.8) is 0 Å². The topological polar surface area (TPSA) is 124 Å². The van der Waals surface area contributed by atoms with Crippen molar-refractivity contribution in [2.45, 2.75) is 0 Å². The van der Waals surface area contributed by atoms with Crippen LogP contribution in [0.4, 0.5) is 0 Å². The lowest BCUT2D eigenvalue weighted by Gasteiger charge is -2.06. The third-order valence-electron chi connectivity index (χ3n) is 2.27. The number of carboxylic acid groups (broad SMARTS) is 1. The molecule has 0 aliphatic rings. The number of aromatic carboxylic acids is 1. The summed E-state index contributed by atoms with van der Waals surface area (Å²) in [6.07, 6.45) is 0. The number of hydrogen-bond acceptors (Lipinski definition) is 3. The molecule has 1 heterocycles. The largest absolute Gasteiger partial charge is 0.477 e. The molecule has 0 saturated heterocycles. The maximum Gasteiger partial charge on any atom is 0.354 e. The summed E-state index contributed by atoms with van der Waals surface area (Å²) < 4.78 is 0.773. The Morgan fingerprint density at radius 2 is 1.79 bits per heavy atom. The Kier molecular flexibility index (Phi) is 4.26. The van der Waals surface area contributed by atoms with Gasteiger partial charge in [0.1, 0.15) is 5.02 Å². The number of aromatic amines is 1. The predicted octanol–water partition coefficient (Wildman–Crippen LogP) is 0.0527. The first-order chi connectivity index (χ1) is 8.52. The van der Waals surface area contributed by atoms with Crippen LogP contribution in [-0.2, 0) is 0 Å². The number of H-pyrrole nitrogens is 1. The van der Waals surface area contributed by atoms with Gasteiger partial charge >= 0.3 is 11.7 Å². The Balaban J connectivity index is 0.00000180. The van der Waals surface area contributed by atoms with Crippen molar-refractivity contribution in [1.82, 2.24) is 9.55 Å². The van der Waals surface area contributed by atoms with Crippen LogP contribution in [0.5, 0.6) is 0 Å². The first kappa shape index (κ1) is 14.7. The Morgan fingerprint density at radius 3 is 2.32 bits per heavy atom. The minimum absolute atomic E-state index is 0. The second kappa shape index (κ2) is 5.51. The monoisotopic (exact) mass is 284 g/mol. The zero-order valence-corrected chi connectivity index (χ0v) is 10.1. The van der Waals surface area contributed by atoms with E-state index in [-0.39, 0.29) is 5.48 Å². The second-order valence-corrected chi connectivity index (χ2v) is 3.78. The summed E-state index contributed by atoms with van der Waals surface area (Å²) in [7, 11) is 0. The zero-order chi connectivity index (χ0) is 13.3. The molecule has 0 unspecified atom stereocenters. The maximum absolute atomic E-state index is 11.9. The Hall–Kier alpha value is -2.38. The SMILES string of the molecule is O.O=C(O)c1[nH]c(=O)n(-c2ccccc2)c(=O)c1Cl. The molecule has 100 valence electrons. The molecule has 0 bridgehead atoms. The number of carboxylic acids is 1. The van der Waals surface area contributed by atoms with E-state index in [4.69, 9.17) is 16.7 Å². The molecule has 8 heteroatoms. The normalized spacial score (nSPS) is 9.74. The lowest BCUT2D eigenvalue weighted by atomic mass is 10.3. The smallest absolute Gasteiger partial charge is 0.354 e. The van der Waals surface area contributed by atoms with Gasteiger partial charge in [-0.15, -0.1) is 0 Å². The first-order valence-electron chi connectivity index (χ1n) is 4.86. The van der Waals surface area contributed by atoms with Gasteiger partial charge in [0, 0.05) is 0 Å². The third kappa shape index (κ3) is 2.56. The summed E-state index contributed by atoms with van der Waals surface area (Å²) >= 11 is 5.63. The molecule has 0 saturated carbocycles. The summed E-state index contributed by atoms with van der Waals surface area (Å²) in [5, 5.41) is 8.24. The van der Waals surface area contributed by atoms with Crippen LogP contribution in [0, 0.1) is 0 Å². The van der Waals surface area contributed by atoms with Crippen molar-refractivity contribution in [3.05, 3.63) is 61.9 Å². The van der Waals surface area contributed by atoms with Crippen LogP contribution >= 0.6 is 11.6 Å². The molecule has 2 aromatic rings.